The topological polar surface area (TPSA) is 219 Å². The largest absolute Gasteiger partial charge is 0.481 e. The lowest BCUT2D eigenvalue weighted by Crippen LogP contribution is -2.35. The van der Waals surface area contributed by atoms with Crippen LogP contribution in [0.25, 0.3) is 11.2 Å². The highest BCUT2D eigenvalue weighted by atomic mass is 35.5. The molecule has 41 heavy (non-hydrogen) atoms. The van der Waals surface area contributed by atoms with Crippen LogP contribution in [-0.2, 0) is 32.2 Å². The van der Waals surface area contributed by atoms with Gasteiger partial charge in [0, 0.05) is 0 Å². The zero-order chi connectivity index (χ0) is 29.9. The number of rotatable bonds is 12. The lowest BCUT2D eigenvalue weighted by molar-refractivity contribution is -0.144. The number of nitrogen functional groups attached to an aromatic ring is 1. The molecule has 7 atom stereocenters. The van der Waals surface area contributed by atoms with Crippen molar-refractivity contribution in [3.63, 3.8) is 0 Å². The molecule has 6 unspecified atom stereocenters. The third kappa shape index (κ3) is 7.38. The molecule has 3 aromatic rings. The number of carbonyl (C=O) groups excluding carboxylic acids is 1. The molecule has 4 rings (SSSR count). The molecule has 20 heteroatoms. The number of hydrogen-bond donors (Lipinski definition) is 4. The van der Waals surface area contributed by atoms with Crippen LogP contribution in [-0.4, -0.2) is 73.1 Å². The van der Waals surface area contributed by atoms with Crippen molar-refractivity contribution in [2.24, 2.45) is 0 Å². The van der Waals surface area contributed by atoms with Crippen LogP contribution in [0.2, 0.25) is 5.28 Å². The number of nitrogens with one attached hydrogen (secondary N) is 1. The molecule has 0 saturated carbocycles. The van der Waals surface area contributed by atoms with Gasteiger partial charge in [-0.15, -0.1) is 0 Å². The monoisotopic (exact) mass is 638 g/mol. The molecule has 1 saturated heterocycles. The number of ether oxygens (including phenoxy) is 2. The van der Waals surface area contributed by atoms with E-state index in [1.54, 1.807) is 13.0 Å². The normalized spacial score (nSPS) is 24.4. The summed E-state index contributed by atoms with van der Waals surface area (Å²) in [5.74, 6) is -0.947. The molecule has 3 heterocycles. The van der Waals surface area contributed by atoms with E-state index in [2.05, 4.69) is 20.0 Å². The standard InChI is InChI=1S/C21H26ClFN6O10P2/c1-3-35-20(31)11(2)28-40(32,38-12-7-5-4-6-8-12)39-41(33,34)36-9-13-16(30)14(23)19(37-13)29-10-25-15-17(24)26-21(22)27-18(15)29/h4-8,10-11,13-14,16,19,30H,3,9H2,1-2H3,(H,28,32)(H,33,34)(H2,24,26,27)/t11-,13?,14?,16?,19?,40?/m0/s1. The van der Waals surface area contributed by atoms with Crippen molar-refractivity contribution >= 4 is 50.1 Å². The average molecular weight is 639 g/mol. The molecular formula is C21H26ClFN6O10P2. The summed E-state index contributed by atoms with van der Waals surface area (Å²) in [4.78, 5) is 34.1. The van der Waals surface area contributed by atoms with Gasteiger partial charge in [-0.05, 0) is 37.6 Å². The quantitative estimate of drug-likeness (QED) is 0.127. The second-order valence-electron chi connectivity index (χ2n) is 8.55. The van der Waals surface area contributed by atoms with Crippen LogP contribution in [0.15, 0.2) is 36.7 Å². The molecule has 1 aliphatic heterocycles. The van der Waals surface area contributed by atoms with Gasteiger partial charge in [0.2, 0.25) is 5.28 Å². The average Bonchev–Trinajstić information content (AvgIpc) is 3.43. The van der Waals surface area contributed by atoms with Gasteiger partial charge in [-0.2, -0.15) is 19.4 Å². The highest BCUT2D eigenvalue weighted by Gasteiger charge is 2.48. The number of benzene rings is 1. The SMILES string of the molecule is CCOC(=O)[C@H](C)NP(=O)(Oc1ccccc1)OP(=O)(O)OCC1OC(n2cnc3c(N)nc(Cl)nc32)C(F)C1O. The van der Waals surface area contributed by atoms with Crippen molar-refractivity contribution in [3.8, 4) is 5.75 Å². The van der Waals surface area contributed by atoms with Crippen molar-refractivity contribution < 1.29 is 51.1 Å². The lowest BCUT2D eigenvalue weighted by atomic mass is 10.1. The van der Waals surface area contributed by atoms with Crippen LogP contribution < -0.4 is 15.3 Å². The number of imidazole rings is 1. The van der Waals surface area contributed by atoms with Crippen LogP contribution >= 0.6 is 27.2 Å². The zero-order valence-electron chi connectivity index (χ0n) is 21.4. The second kappa shape index (κ2) is 12.7. The molecule has 0 aliphatic carbocycles. The van der Waals surface area contributed by atoms with Gasteiger partial charge >= 0.3 is 21.5 Å². The molecule has 224 valence electrons. The van der Waals surface area contributed by atoms with Crippen molar-refractivity contribution in [2.45, 2.75) is 44.5 Å². The Balaban J connectivity index is 1.47. The van der Waals surface area contributed by atoms with E-state index in [-0.39, 0.29) is 34.6 Å². The first-order chi connectivity index (χ1) is 19.3. The van der Waals surface area contributed by atoms with Gasteiger partial charge < -0.3 is 29.7 Å². The molecule has 1 aromatic carbocycles. The van der Waals surface area contributed by atoms with E-state index in [0.29, 0.717) is 0 Å². The summed E-state index contributed by atoms with van der Waals surface area (Å²) in [6, 6.07) is 6.16. The number of fused-ring (bicyclic) bond motifs is 1. The van der Waals surface area contributed by atoms with Crippen LogP contribution in [0.1, 0.15) is 20.1 Å². The van der Waals surface area contributed by atoms with Crippen molar-refractivity contribution in [3.05, 3.63) is 41.9 Å². The number of aromatic nitrogens is 4. The predicted octanol–water partition coefficient (Wildman–Crippen LogP) is 2.52. The number of para-hydroxylation sites is 1. The van der Waals surface area contributed by atoms with E-state index < -0.39 is 58.8 Å². The smallest absolute Gasteiger partial charge is 0.465 e. The fourth-order valence-electron chi connectivity index (χ4n) is 3.73. The molecule has 0 amide bonds. The number of phosphoric ester groups is 1. The molecule has 2 aromatic heterocycles. The number of anilines is 1. The van der Waals surface area contributed by atoms with Crippen LogP contribution in [0.5, 0.6) is 5.75 Å². The van der Waals surface area contributed by atoms with Crippen molar-refractivity contribution in [1.82, 2.24) is 24.6 Å². The number of phosphoric acid groups is 1. The molecule has 16 nitrogen and oxygen atoms in total. The Morgan fingerprint density at radius 2 is 2.02 bits per heavy atom. The first-order valence-electron chi connectivity index (χ1n) is 11.9. The number of hydrogen-bond acceptors (Lipinski definition) is 13. The number of esters is 1. The number of aliphatic hydroxyl groups is 1. The van der Waals surface area contributed by atoms with Gasteiger partial charge in [-0.25, -0.2) is 18.5 Å². The van der Waals surface area contributed by atoms with E-state index >= 15 is 4.39 Å². The van der Waals surface area contributed by atoms with E-state index in [1.807, 2.05) is 0 Å². The van der Waals surface area contributed by atoms with Gasteiger partial charge in [-0.1, -0.05) is 18.2 Å². The summed E-state index contributed by atoms with van der Waals surface area (Å²) < 4.78 is 67.8. The summed E-state index contributed by atoms with van der Waals surface area (Å²) in [6.07, 6.45) is -5.79. The molecular weight excluding hydrogens is 613 g/mol. The predicted molar refractivity (Wildman–Crippen MR) is 140 cm³/mol. The molecule has 5 N–H and O–H groups in total. The Bertz CT molecular complexity index is 1490. The number of nitrogens with zero attached hydrogens (tertiary/aromatic N) is 4. The van der Waals surface area contributed by atoms with Crippen molar-refractivity contribution in [2.75, 3.05) is 18.9 Å². The van der Waals surface area contributed by atoms with Gasteiger partial charge in [0.1, 0.15) is 29.5 Å². The Hall–Kier alpha value is -2.72. The first-order valence-corrected chi connectivity index (χ1v) is 15.3. The Morgan fingerprint density at radius 3 is 2.71 bits per heavy atom. The van der Waals surface area contributed by atoms with E-state index in [9.17, 15) is 23.9 Å². The van der Waals surface area contributed by atoms with Gasteiger partial charge in [0.05, 0.1) is 19.5 Å². The minimum Gasteiger partial charge on any atom is -0.465 e. The Morgan fingerprint density at radius 1 is 1.32 bits per heavy atom. The summed E-state index contributed by atoms with van der Waals surface area (Å²) in [5.41, 5.74) is 5.88. The summed E-state index contributed by atoms with van der Waals surface area (Å²) >= 11 is 5.84. The maximum absolute atomic E-state index is 15.1. The number of halogens is 2. The third-order valence-corrected chi connectivity index (χ3v) is 9.05. The maximum atomic E-state index is 15.1. The van der Waals surface area contributed by atoms with E-state index in [0.717, 1.165) is 10.9 Å². The number of carbonyl (C=O) groups is 1. The number of aliphatic hydroxyl groups excluding tert-OH is 1. The highest BCUT2D eigenvalue weighted by molar-refractivity contribution is 7.63. The zero-order valence-corrected chi connectivity index (χ0v) is 24.0. The van der Waals surface area contributed by atoms with Crippen molar-refractivity contribution in [1.29, 1.82) is 0 Å². The minimum atomic E-state index is -5.27. The summed E-state index contributed by atoms with van der Waals surface area (Å²) in [7, 11) is -10.1. The van der Waals surface area contributed by atoms with E-state index in [1.165, 1.54) is 31.2 Å². The Labute approximate surface area is 237 Å². The van der Waals surface area contributed by atoms with Gasteiger partial charge in [0.25, 0.3) is 0 Å². The number of alkyl halides is 1. The number of nitrogens with two attached hydrogens (primary N) is 1. The second-order valence-corrected chi connectivity index (χ2v) is 12.2. The molecule has 1 aliphatic rings. The molecule has 0 bridgehead atoms. The van der Waals surface area contributed by atoms with E-state index in [4.69, 9.17) is 40.2 Å². The fourth-order valence-corrected chi connectivity index (χ4v) is 6.87. The van der Waals surface area contributed by atoms with Crippen LogP contribution in [0, 0.1) is 0 Å². The third-order valence-electron chi connectivity index (χ3n) is 5.56. The maximum Gasteiger partial charge on any atom is 0.481 e. The van der Waals surface area contributed by atoms with Gasteiger partial charge in [0.15, 0.2) is 23.9 Å². The summed E-state index contributed by atoms with van der Waals surface area (Å²) in [6.45, 7) is 1.94. The molecule has 0 spiro atoms. The minimum absolute atomic E-state index is 0.0136. The highest BCUT2D eigenvalue weighted by Crippen LogP contribution is 2.60. The van der Waals surface area contributed by atoms with Gasteiger partial charge in [-0.3, -0.25) is 13.9 Å². The molecule has 1 fully saturated rings. The summed E-state index contributed by atoms with van der Waals surface area (Å²) in [5, 5.41) is 12.4. The fraction of sp³-hybridized carbons (Fsp3) is 0.429. The van der Waals surface area contributed by atoms with Crippen LogP contribution in [0.3, 0.4) is 0 Å². The Kier molecular flexibility index (Phi) is 9.63. The first kappa shape index (κ1) is 31.2. The lowest BCUT2D eigenvalue weighted by Gasteiger charge is -2.24. The molecule has 0 radical (unpaired) electrons. The van der Waals surface area contributed by atoms with Crippen LogP contribution in [0.4, 0.5) is 10.2 Å².